The number of carboxylic acid groups (broad SMARTS) is 1. The number of halogens is 1. The molecule has 0 bridgehead atoms. The van der Waals surface area contributed by atoms with E-state index in [0.29, 0.717) is 40.2 Å². The predicted molar refractivity (Wildman–Crippen MR) is 93.1 cm³/mol. The molecule has 0 radical (unpaired) electrons. The summed E-state index contributed by atoms with van der Waals surface area (Å²) in [5, 5.41) is 10.5. The normalized spacial score (nSPS) is 16.5. The zero-order valence-corrected chi connectivity index (χ0v) is 14.1. The Morgan fingerprint density at radius 3 is 3.04 bits per heavy atom. The van der Waals surface area contributed by atoms with Gasteiger partial charge in [0.1, 0.15) is 4.83 Å². The predicted octanol–water partition coefficient (Wildman–Crippen LogP) is 3.27. The van der Waals surface area contributed by atoms with Crippen molar-refractivity contribution in [1.82, 2.24) is 9.55 Å². The second-order valence-corrected chi connectivity index (χ2v) is 7.38. The van der Waals surface area contributed by atoms with E-state index in [2.05, 4.69) is 4.98 Å². The van der Waals surface area contributed by atoms with E-state index in [0.717, 1.165) is 10.4 Å². The van der Waals surface area contributed by atoms with Crippen LogP contribution in [0, 0.1) is 0 Å². The Balaban J connectivity index is 1.85. The standard InChI is InChI=1S/C17H13ClN2O3S/c18-10-3-1-2-9(6-10)7-20-8-19-15-14(16(20)21)13-11(17(22)23)4-5-12(13)24-15/h1-3,6,8,11H,4-5,7H2,(H,22,23). The summed E-state index contributed by atoms with van der Waals surface area (Å²) in [6.07, 6.45) is 2.77. The lowest BCUT2D eigenvalue weighted by Crippen LogP contribution is -2.22. The minimum atomic E-state index is -0.877. The fraction of sp³-hybridized carbons (Fsp3) is 0.235. The Bertz CT molecular complexity index is 1020. The maximum absolute atomic E-state index is 12.9. The average molecular weight is 361 g/mol. The van der Waals surface area contributed by atoms with Crippen LogP contribution in [-0.2, 0) is 17.8 Å². The van der Waals surface area contributed by atoms with E-state index >= 15 is 0 Å². The zero-order chi connectivity index (χ0) is 16.8. The Labute approximate surface area is 146 Å². The van der Waals surface area contributed by atoms with Gasteiger partial charge in [-0.25, -0.2) is 4.98 Å². The minimum absolute atomic E-state index is 0.189. The lowest BCUT2D eigenvalue weighted by Gasteiger charge is -2.08. The number of hydrogen-bond acceptors (Lipinski definition) is 4. The summed E-state index contributed by atoms with van der Waals surface area (Å²) in [7, 11) is 0. The molecule has 0 saturated heterocycles. The topological polar surface area (TPSA) is 72.2 Å². The molecule has 1 aliphatic rings. The van der Waals surface area contributed by atoms with Crippen LogP contribution in [0.15, 0.2) is 35.4 Å². The number of aryl methyl sites for hydroxylation is 1. The largest absolute Gasteiger partial charge is 0.481 e. The number of nitrogens with zero attached hydrogens (tertiary/aromatic N) is 2. The van der Waals surface area contributed by atoms with Crippen molar-refractivity contribution in [3.8, 4) is 0 Å². The number of carbonyl (C=O) groups is 1. The number of aliphatic carboxylic acids is 1. The number of carboxylic acids is 1. The van der Waals surface area contributed by atoms with Gasteiger partial charge in [0.2, 0.25) is 0 Å². The van der Waals surface area contributed by atoms with Crippen LogP contribution in [0.4, 0.5) is 0 Å². The Kier molecular flexibility index (Phi) is 3.66. The molecule has 1 atom stereocenters. The zero-order valence-electron chi connectivity index (χ0n) is 12.5. The summed E-state index contributed by atoms with van der Waals surface area (Å²) < 4.78 is 1.51. The number of thiophene rings is 1. The third kappa shape index (κ3) is 2.42. The molecule has 3 aromatic rings. The average Bonchev–Trinajstić information content (AvgIpc) is 3.08. The van der Waals surface area contributed by atoms with Gasteiger partial charge in [-0.05, 0) is 36.1 Å². The number of rotatable bonds is 3. The van der Waals surface area contributed by atoms with Gasteiger partial charge in [0, 0.05) is 9.90 Å². The van der Waals surface area contributed by atoms with E-state index in [-0.39, 0.29) is 5.56 Å². The van der Waals surface area contributed by atoms with Crippen molar-refractivity contribution in [2.75, 3.05) is 0 Å². The van der Waals surface area contributed by atoms with Gasteiger partial charge in [0.15, 0.2) is 0 Å². The summed E-state index contributed by atoms with van der Waals surface area (Å²) >= 11 is 7.42. The third-order valence-electron chi connectivity index (χ3n) is 4.34. The first-order valence-corrected chi connectivity index (χ1v) is 8.72. The fourth-order valence-corrected chi connectivity index (χ4v) is 4.68. The monoisotopic (exact) mass is 360 g/mol. The summed E-state index contributed by atoms with van der Waals surface area (Å²) in [6, 6.07) is 7.30. The van der Waals surface area contributed by atoms with E-state index in [1.807, 2.05) is 12.1 Å². The molecule has 1 unspecified atom stereocenters. The first-order chi connectivity index (χ1) is 11.5. The van der Waals surface area contributed by atoms with Crippen LogP contribution in [0.2, 0.25) is 5.02 Å². The second-order valence-electron chi connectivity index (χ2n) is 5.86. The molecule has 5 nitrogen and oxygen atoms in total. The highest BCUT2D eigenvalue weighted by molar-refractivity contribution is 7.18. The third-order valence-corrected chi connectivity index (χ3v) is 5.75. The molecule has 2 heterocycles. The maximum atomic E-state index is 12.9. The number of benzene rings is 1. The molecule has 0 fully saturated rings. The molecule has 0 saturated carbocycles. The molecule has 4 rings (SSSR count). The summed E-state index contributed by atoms with van der Waals surface area (Å²) in [6.45, 7) is 0.352. The molecule has 1 aliphatic carbocycles. The van der Waals surface area contributed by atoms with Crippen molar-refractivity contribution >= 4 is 39.1 Å². The molecule has 24 heavy (non-hydrogen) atoms. The molecular formula is C17H13ClN2O3S. The number of aromatic nitrogens is 2. The van der Waals surface area contributed by atoms with Crippen molar-refractivity contribution < 1.29 is 9.90 Å². The summed E-state index contributed by atoms with van der Waals surface area (Å²) in [4.78, 5) is 30.4. The van der Waals surface area contributed by atoms with Gasteiger partial charge in [-0.15, -0.1) is 11.3 Å². The second kappa shape index (κ2) is 5.72. The Morgan fingerprint density at radius 1 is 1.46 bits per heavy atom. The SMILES string of the molecule is O=C(O)C1CCc2sc3ncn(Cc4cccc(Cl)c4)c(=O)c3c21. The van der Waals surface area contributed by atoms with Gasteiger partial charge in [-0.3, -0.25) is 14.2 Å². The van der Waals surface area contributed by atoms with E-state index in [1.54, 1.807) is 12.1 Å². The van der Waals surface area contributed by atoms with Crippen molar-refractivity contribution in [3.05, 3.63) is 62.0 Å². The first-order valence-electron chi connectivity index (χ1n) is 7.52. The van der Waals surface area contributed by atoms with Gasteiger partial charge in [-0.1, -0.05) is 23.7 Å². The molecule has 0 aliphatic heterocycles. The van der Waals surface area contributed by atoms with Crippen molar-refractivity contribution in [2.45, 2.75) is 25.3 Å². The lowest BCUT2D eigenvalue weighted by molar-refractivity contribution is -0.138. The van der Waals surface area contributed by atoms with Crippen LogP contribution in [0.1, 0.15) is 28.3 Å². The van der Waals surface area contributed by atoms with Crippen LogP contribution in [0.3, 0.4) is 0 Å². The van der Waals surface area contributed by atoms with E-state index < -0.39 is 11.9 Å². The molecule has 1 aromatic carbocycles. The minimum Gasteiger partial charge on any atom is -0.481 e. The van der Waals surface area contributed by atoms with Crippen LogP contribution in [-0.4, -0.2) is 20.6 Å². The Morgan fingerprint density at radius 2 is 2.29 bits per heavy atom. The molecule has 0 spiro atoms. The number of hydrogen-bond donors (Lipinski definition) is 1. The molecule has 122 valence electrons. The van der Waals surface area contributed by atoms with Gasteiger partial charge in [0.25, 0.3) is 5.56 Å². The summed E-state index contributed by atoms with van der Waals surface area (Å²) in [5.41, 5.74) is 1.37. The van der Waals surface area contributed by atoms with Crippen molar-refractivity contribution in [1.29, 1.82) is 0 Å². The quantitative estimate of drug-likeness (QED) is 0.778. The van der Waals surface area contributed by atoms with Gasteiger partial charge in [-0.2, -0.15) is 0 Å². The number of fused-ring (bicyclic) bond motifs is 3. The van der Waals surface area contributed by atoms with Gasteiger partial charge in [0.05, 0.1) is 24.2 Å². The van der Waals surface area contributed by atoms with Crippen LogP contribution in [0.25, 0.3) is 10.2 Å². The van der Waals surface area contributed by atoms with Gasteiger partial charge < -0.3 is 5.11 Å². The summed E-state index contributed by atoms with van der Waals surface area (Å²) in [5.74, 6) is -1.48. The van der Waals surface area contributed by atoms with Crippen LogP contribution < -0.4 is 5.56 Å². The molecule has 2 aromatic heterocycles. The molecular weight excluding hydrogens is 348 g/mol. The van der Waals surface area contributed by atoms with Crippen LogP contribution >= 0.6 is 22.9 Å². The lowest BCUT2D eigenvalue weighted by atomic mass is 10.0. The highest BCUT2D eigenvalue weighted by Gasteiger charge is 2.34. The molecule has 1 N–H and O–H groups in total. The van der Waals surface area contributed by atoms with E-state index in [9.17, 15) is 14.7 Å². The van der Waals surface area contributed by atoms with Crippen molar-refractivity contribution in [3.63, 3.8) is 0 Å². The molecule has 0 amide bonds. The highest BCUT2D eigenvalue weighted by Crippen LogP contribution is 2.42. The molecule has 7 heteroatoms. The van der Waals surface area contributed by atoms with E-state index in [1.165, 1.54) is 22.2 Å². The smallest absolute Gasteiger partial charge is 0.311 e. The van der Waals surface area contributed by atoms with Crippen molar-refractivity contribution in [2.24, 2.45) is 0 Å². The fourth-order valence-electron chi connectivity index (χ4n) is 3.26. The Hall–Kier alpha value is -2.18. The van der Waals surface area contributed by atoms with Crippen LogP contribution in [0.5, 0.6) is 0 Å². The first kappa shape index (κ1) is 15.4. The highest BCUT2D eigenvalue weighted by atomic mass is 35.5. The van der Waals surface area contributed by atoms with E-state index in [4.69, 9.17) is 11.6 Å². The maximum Gasteiger partial charge on any atom is 0.311 e. The van der Waals surface area contributed by atoms with Gasteiger partial charge >= 0.3 is 5.97 Å².